The maximum Gasteiger partial charge on any atom is 0.252 e. The molecule has 0 bridgehead atoms. The second-order valence-corrected chi connectivity index (χ2v) is 10.7. The molecule has 1 aromatic carbocycles. The van der Waals surface area contributed by atoms with Gasteiger partial charge in [0.05, 0.1) is 23.5 Å². The summed E-state index contributed by atoms with van der Waals surface area (Å²) in [6, 6.07) is 10.0. The number of rotatable bonds is 10. The third-order valence-corrected chi connectivity index (χ3v) is 8.11. The summed E-state index contributed by atoms with van der Waals surface area (Å²) in [5.41, 5.74) is 3.61. The molecule has 1 fully saturated rings. The molecule has 1 aliphatic rings. The van der Waals surface area contributed by atoms with Crippen LogP contribution in [0.25, 0.3) is 15.4 Å². The van der Waals surface area contributed by atoms with E-state index >= 15 is 0 Å². The molecule has 0 amide bonds. The first-order chi connectivity index (χ1) is 17.6. The van der Waals surface area contributed by atoms with Crippen LogP contribution in [0.1, 0.15) is 36.9 Å². The Labute approximate surface area is 225 Å². The Morgan fingerprint density at radius 3 is 2.67 bits per heavy atom. The van der Waals surface area contributed by atoms with Crippen molar-refractivity contribution in [1.82, 2.24) is 15.3 Å². The van der Waals surface area contributed by atoms with E-state index in [0.717, 1.165) is 60.8 Å². The summed E-state index contributed by atoms with van der Waals surface area (Å²) in [5, 5.41) is 21.0. The molecule has 36 heavy (non-hydrogen) atoms. The number of thioether (sulfide) groups is 1. The zero-order chi connectivity index (χ0) is 25.3. The average molecular weight is 538 g/mol. The third kappa shape index (κ3) is 6.29. The topological polar surface area (TPSA) is 81.2 Å². The highest BCUT2D eigenvalue weighted by Crippen LogP contribution is 2.43. The van der Waals surface area contributed by atoms with Gasteiger partial charge < -0.3 is 15.5 Å². The number of pyridine rings is 1. The van der Waals surface area contributed by atoms with Gasteiger partial charge in [0.15, 0.2) is 0 Å². The SMILES string of the molecule is [C-]#[N+]c1c(NCCCNC)nc(SCc2csc(-c3ccc(Cl)cc3)n2)c(C#N)c1N1CCCCC1. The summed E-state index contributed by atoms with van der Waals surface area (Å²) >= 11 is 9.10. The fourth-order valence-electron chi connectivity index (χ4n) is 4.11. The molecule has 3 heterocycles. The van der Waals surface area contributed by atoms with Crippen LogP contribution in [-0.4, -0.2) is 43.2 Å². The van der Waals surface area contributed by atoms with Crippen molar-refractivity contribution in [1.29, 1.82) is 5.26 Å². The molecule has 7 nitrogen and oxygen atoms in total. The molecule has 0 radical (unpaired) electrons. The highest BCUT2D eigenvalue weighted by molar-refractivity contribution is 7.98. The third-order valence-electron chi connectivity index (χ3n) is 5.90. The lowest BCUT2D eigenvalue weighted by Gasteiger charge is -2.31. The molecule has 1 aliphatic heterocycles. The van der Waals surface area contributed by atoms with Gasteiger partial charge in [-0.25, -0.2) is 14.8 Å². The molecule has 10 heteroatoms. The van der Waals surface area contributed by atoms with Crippen LogP contribution in [0, 0.1) is 17.9 Å². The van der Waals surface area contributed by atoms with Crippen LogP contribution in [0.2, 0.25) is 5.02 Å². The van der Waals surface area contributed by atoms with Gasteiger partial charge in [0.2, 0.25) is 0 Å². The van der Waals surface area contributed by atoms with E-state index in [1.165, 1.54) is 18.2 Å². The Kier molecular flexibility index (Phi) is 9.43. The number of benzene rings is 1. The quantitative estimate of drug-likeness (QED) is 0.171. The fraction of sp³-hybridized carbons (Fsp3) is 0.385. The van der Waals surface area contributed by atoms with Crippen LogP contribution in [-0.2, 0) is 5.75 Å². The van der Waals surface area contributed by atoms with Crippen molar-refractivity contribution in [3.63, 3.8) is 0 Å². The molecule has 0 saturated carbocycles. The summed E-state index contributed by atoms with van der Waals surface area (Å²) in [6.45, 7) is 11.2. The number of aromatic nitrogens is 2. The van der Waals surface area contributed by atoms with Gasteiger partial charge in [0, 0.05) is 41.4 Å². The largest absolute Gasteiger partial charge is 0.379 e. The monoisotopic (exact) mass is 537 g/mol. The maximum atomic E-state index is 10.2. The van der Waals surface area contributed by atoms with Crippen molar-refractivity contribution in [3.8, 4) is 16.6 Å². The van der Waals surface area contributed by atoms with E-state index in [1.807, 2.05) is 36.7 Å². The number of anilines is 2. The summed E-state index contributed by atoms with van der Waals surface area (Å²) in [5.74, 6) is 1.14. The normalized spacial score (nSPS) is 13.3. The fourth-order valence-corrected chi connectivity index (χ4v) is 6.05. The zero-order valence-electron chi connectivity index (χ0n) is 20.2. The van der Waals surface area contributed by atoms with E-state index in [4.69, 9.17) is 28.1 Å². The standard InChI is InChI=1S/C26H28ClN7S2/c1-29-11-6-12-31-24-22(30-2)23(34-13-4-3-5-14-34)21(15-28)26(33-24)36-17-20-16-35-25(32-20)18-7-9-19(27)10-8-18/h7-10,16,29H,3-6,11-14,17H2,1H3,(H,31,33). The predicted octanol–water partition coefficient (Wildman–Crippen LogP) is 6.58. The second kappa shape index (κ2) is 12.9. The minimum Gasteiger partial charge on any atom is -0.379 e. The van der Waals surface area contributed by atoms with Crippen LogP contribution in [0.5, 0.6) is 0 Å². The molecule has 0 unspecified atom stereocenters. The number of hydrogen-bond acceptors (Lipinski definition) is 8. The number of thiazole rings is 1. The van der Waals surface area contributed by atoms with Crippen LogP contribution < -0.4 is 15.5 Å². The zero-order valence-corrected chi connectivity index (χ0v) is 22.6. The van der Waals surface area contributed by atoms with Crippen molar-refractivity contribution >= 4 is 51.9 Å². The number of nitrogens with one attached hydrogen (secondary N) is 2. The van der Waals surface area contributed by atoms with Crippen LogP contribution in [0.15, 0.2) is 34.7 Å². The lowest BCUT2D eigenvalue weighted by molar-refractivity contribution is 0.577. The van der Waals surface area contributed by atoms with E-state index in [1.54, 1.807) is 11.3 Å². The van der Waals surface area contributed by atoms with Crippen LogP contribution in [0.4, 0.5) is 17.2 Å². The molecule has 0 aliphatic carbocycles. The number of nitriles is 1. The smallest absolute Gasteiger partial charge is 0.252 e. The second-order valence-electron chi connectivity index (χ2n) is 8.43. The van der Waals surface area contributed by atoms with Crippen LogP contribution >= 0.6 is 34.7 Å². The molecule has 2 N–H and O–H groups in total. The lowest BCUT2D eigenvalue weighted by Crippen LogP contribution is -2.30. The number of nitrogens with zero attached hydrogens (tertiary/aromatic N) is 5. The molecule has 0 spiro atoms. The molecule has 0 atom stereocenters. The summed E-state index contributed by atoms with van der Waals surface area (Å²) in [4.78, 5) is 15.6. The van der Waals surface area contributed by atoms with Gasteiger partial charge in [-0.05, 0) is 51.4 Å². The van der Waals surface area contributed by atoms with Crippen molar-refractivity contribution in [2.45, 2.75) is 36.5 Å². The lowest BCUT2D eigenvalue weighted by atomic mass is 10.1. The van der Waals surface area contributed by atoms with E-state index in [2.05, 4.69) is 26.4 Å². The Hall–Kier alpha value is -2.82. The van der Waals surface area contributed by atoms with Gasteiger partial charge in [-0.2, -0.15) is 5.26 Å². The molecule has 1 saturated heterocycles. The van der Waals surface area contributed by atoms with Crippen molar-refractivity contribution < 1.29 is 0 Å². The van der Waals surface area contributed by atoms with Gasteiger partial charge in [-0.3, -0.25) is 0 Å². The Morgan fingerprint density at radius 2 is 1.97 bits per heavy atom. The number of halogens is 1. The number of piperidine rings is 1. The average Bonchev–Trinajstić information content (AvgIpc) is 3.39. The molecule has 3 aromatic rings. The van der Waals surface area contributed by atoms with Crippen molar-refractivity contribution in [3.05, 3.63) is 57.3 Å². The summed E-state index contributed by atoms with van der Waals surface area (Å²) < 4.78 is 0. The Balaban J connectivity index is 1.63. The first kappa shape index (κ1) is 26.2. The molecule has 186 valence electrons. The Bertz CT molecular complexity index is 1260. The van der Waals surface area contributed by atoms with E-state index in [-0.39, 0.29) is 0 Å². The summed E-state index contributed by atoms with van der Waals surface area (Å²) in [6.07, 6.45) is 4.20. The van der Waals surface area contributed by atoms with Gasteiger partial charge in [0.1, 0.15) is 21.9 Å². The predicted molar refractivity (Wildman–Crippen MR) is 150 cm³/mol. The van der Waals surface area contributed by atoms with E-state index in [0.29, 0.717) is 39.4 Å². The van der Waals surface area contributed by atoms with Crippen molar-refractivity contribution in [2.75, 3.05) is 43.4 Å². The summed E-state index contributed by atoms with van der Waals surface area (Å²) in [7, 11) is 1.92. The van der Waals surface area contributed by atoms with E-state index in [9.17, 15) is 5.26 Å². The first-order valence-corrected chi connectivity index (χ1v) is 14.2. The number of hydrogen-bond donors (Lipinski definition) is 2. The highest BCUT2D eigenvalue weighted by Gasteiger charge is 2.26. The van der Waals surface area contributed by atoms with Gasteiger partial charge in [-0.1, -0.05) is 35.5 Å². The van der Waals surface area contributed by atoms with Gasteiger partial charge in [-0.15, -0.1) is 11.3 Å². The van der Waals surface area contributed by atoms with E-state index < -0.39 is 0 Å². The molecular weight excluding hydrogens is 510 g/mol. The first-order valence-electron chi connectivity index (χ1n) is 12.0. The molecule has 4 rings (SSSR count). The van der Waals surface area contributed by atoms with Gasteiger partial charge in [0.25, 0.3) is 5.69 Å². The van der Waals surface area contributed by atoms with Gasteiger partial charge >= 0.3 is 0 Å². The molecular formula is C26H28ClN7S2. The van der Waals surface area contributed by atoms with Crippen molar-refractivity contribution in [2.24, 2.45) is 0 Å². The highest BCUT2D eigenvalue weighted by atomic mass is 35.5. The minimum atomic E-state index is 0.445. The van der Waals surface area contributed by atoms with Crippen LogP contribution in [0.3, 0.4) is 0 Å². The minimum absolute atomic E-state index is 0.445. The Morgan fingerprint density at radius 1 is 1.19 bits per heavy atom. The maximum absolute atomic E-state index is 10.2. The molecule has 2 aromatic heterocycles.